The minimum absolute atomic E-state index is 0.0392. The minimum atomic E-state index is 0.0392. The van der Waals surface area contributed by atoms with Crippen LogP contribution >= 0.6 is 0 Å². The number of hydrogen-bond donors (Lipinski definition) is 0. The van der Waals surface area contributed by atoms with Crippen LogP contribution in [-0.2, 0) is 19.1 Å². The molecule has 0 aromatic carbocycles. The van der Waals surface area contributed by atoms with Gasteiger partial charge in [0.1, 0.15) is 0 Å². The zero-order valence-electron chi connectivity index (χ0n) is 25.5. The molecule has 4 heteroatoms. The minimum Gasteiger partial charge on any atom is -0.465 e. The average Bonchev–Trinajstić information content (AvgIpc) is 2.90. The van der Waals surface area contributed by atoms with E-state index in [1.807, 2.05) is 0 Å². The molecule has 0 aliphatic carbocycles. The Kier molecular flexibility index (Phi) is 27.2. The van der Waals surface area contributed by atoms with Crippen LogP contribution in [0.5, 0.6) is 0 Å². The van der Waals surface area contributed by atoms with E-state index in [-0.39, 0.29) is 23.8 Å². The van der Waals surface area contributed by atoms with Gasteiger partial charge in [-0.05, 0) is 38.5 Å². The van der Waals surface area contributed by atoms with Crippen molar-refractivity contribution in [1.82, 2.24) is 0 Å². The second kappa shape index (κ2) is 28.0. The van der Waals surface area contributed by atoms with Gasteiger partial charge >= 0.3 is 11.9 Å². The molecule has 0 amide bonds. The molecule has 0 saturated heterocycles. The molecule has 0 saturated carbocycles. The van der Waals surface area contributed by atoms with E-state index in [9.17, 15) is 9.59 Å². The summed E-state index contributed by atoms with van der Waals surface area (Å²) < 4.78 is 11.3. The number of carbonyl (C=O) groups is 2. The van der Waals surface area contributed by atoms with Gasteiger partial charge in [-0.15, -0.1) is 0 Å². The average molecular weight is 525 g/mol. The number of esters is 2. The number of carbonyl (C=O) groups excluding carboxylic acids is 2. The fourth-order valence-corrected chi connectivity index (χ4v) is 4.97. The molecule has 0 bridgehead atoms. The first kappa shape index (κ1) is 35.9. The molecular weight excluding hydrogens is 460 g/mol. The summed E-state index contributed by atoms with van der Waals surface area (Å²) in [6.45, 7) is 9.97. The van der Waals surface area contributed by atoms with Gasteiger partial charge in [0.2, 0.25) is 0 Å². The molecule has 0 rings (SSSR count). The van der Waals surface area contributed by atoms with Gasteiger partial charge in [-0.1, -0.05) is 137 Å². The largest absolute Gasteiger partial charge is 0.465 e. The maximum Gasteiger partial charge on any atom is 0.308 e. The van der Waals surface area contributed by atoms with Crippen LogP contribution in [0.25, 0.3) is 0 Å². The number of unbranched alkanes of at least 4 members (excludes halogenated alkanes) is 14. The molecule has 0 aromatic heterocycles. The van der Waals surface area contributed by atoms with E-state index in [1.54, 1.807) is 0 Å². The smallest absolute Gasteiger partial charge is 0.308 e. The van der Waals surface area contributed by atoms with Crippen molar-refractivity contribution in [1.29, 1.82) is 0 Å². The van der Waals surface area contributed by atoms with E-state index in [4.69, 9.17) is 9.47 Å². The molecule has 0 aromatic rings. The lowest BCUT2D eigenvalue weighted by Gasteiger charge is -2.16. The molecule has 0 N–H and O–H groups in total. The lowest BCUT2D eigenvalue weighted by Crippen LogP contribution is -2.18. The molecule has 37 heavy (non-hydrogen) atoms. The van der Waals surface area contributed by atoms with Gasteiger partial charge in [0.25, 0.3) is 0 Å². The van der Waals surface area contributed by atoms with Crippen molar-refractivity contribution in [2.24, 2.45) is 11.8 Å². The highest BCUT2D eigenvalue weighted by atomic mass is 16.5. The lowest BCUT2D eigenvalue weighted by molar-refractivity contribution is -0.150. The monoisotopic (exact) mass is 524 g/mol. The third-order valence-electron chi connectivity index (χ3n) is 7.57. The summed E-state index contributed by atoms with van der Waals surface area (Å²) in [5.74, 6) is 0.289. The Bertz CT molecular complexity index is 461. The van der Waals surface area contributed by atoms with Crippen LogP contribution in [-0.4, -0.2) is 25.2 Å². The topological polar surface area (TPSA) is 52.6 Å². The molecular formula is C33H64O4. The van der Waals surface area contributed by atoms with Crippen molar-refractivity contribution in [2.45, 2.75) is 175 Å². The first-order valence-corrected chi connectivity index (χ1v) is 16.4. The maximum absolute atomic E-state index is 12.5. The highest BCUT2D eigenvalue weighted by Gasteiger charge is 2.20. The van der Waals surface area contributed by atoms with Crippen LogP contribution in [0.15, 0.2) is 0 Å². The van der Waals surface area contributed by atoms with Gasteiger partial charge in [0, 0.05) is 0 Å². The molecule has 0 aliphatic rings. The summed E-state index contributed by atoms with van der Waals surface area (Å²) >= 11 is 0. The predicted octanol–water partition coefficient (Wildman–Crippen LogP) is 10.4. The highest BCUT2D eigenvalue weighted by Crippen LogP contribution is 2.20. The van der Waals surface area contributed by atoms with E-state index >= 15 is 0 Å². The highest BCUT2D eigenvalue weighted by molar-refractivity contribution is 5.72. The molecule has 2 atom stereocenters. The van der Waals surface area contributed by atoms with Crippen LogP contribution in [0.1, 0.15) is 175 Å². The number of ether oxygens (including phenoxy) is 2. The molecule has 220 valence electrons. The molecule has 0 aliphatic heterocycles. The fraction of sp³-hybridized carbons (Fsp3) is 0.939. The Morgan fingerprint density at radius 3 is 1.05 bits per heavy atom. The standard InChI is InChI=1S/C33H64O4/c1-5-9-13-20-26-30(24-11-7-3)32(34)36-28-22-18-16-15-17-19-23-29-37-33(35)31(25-12-8-4)27-21-14-10-6-2/h30-31H,5-29H2,1-4H3. The quantitative estimate of drug-likeness (QED) is 0.0754. The van der Waals surface area contributed by atoms with Gasteiger partial charge in [-0.25, -0.2) is 0 Å². The Morgan fingerprint density at radius 2 is 0.703 bits per heavy atom. The molecule has 2 unspecified atom stereocenters. The molecule has 4 nitrogen and oxygen atoms in total. The van der Waals surface area contributed by atoms with Gasteiger partial charge in [0.05, 0.1) is 25.0 Å². The Hall–Kier alpha value is -1.06. The lowest BCUT2D eigenvalue weighted by atomic mass is 9.95. The summed E-state index contributed by atoms with van der Waals surface area (Å²) in [5, 5.41) is 0. The summed E-state index contributed by atoms with van der Waals surface area (Å²) in [5.41, 5.74) is 0. The second-order valence-corrected chi connectivity index (χ2v) is 11.2. The molecule has 0 spiro atoms. The first-order valence-electron chi connectivity index (χ1n) is 16.4. The van der Waals surface area contributed by atoms with E-state index < -0.39 is 0 Å². The van der Waals surface area contributed by atoms with Gasteiger partial charge in [0.15, 0.2) is 0 Å². The number of hydrogen-bond acceptors (Lipinski definition) is 4. The van der Waals surface area contributed by atoms with Crippen molar-refractivity contribution in [3.05, 3.63) is 0 Å². The Morgan fingerprint density at radius 1 is 0.405 bits per heavy atom. The van der Waals surface area contributed by atoms with Crippen molar-refractivity contribution in [2.75, 3.05) is 13.2 Å². The summed E-state index contributed by atoms with van der Waals surface area (Å²) in [7, 11) is 0. The van der Waals surface area contributed by atoms with Crippen LogP contribution in [0, 0.1) is 11.8 Å². The third kappa shape index (κ3) is 22.6. The van der Waals surface area contributed by atoms with Gasteiger partial charge in [-0.2, -0.15) is 0 Å². The molecule has 0 radical (unpaired) electrons. The third-order valence-corrected chi connectivity index (χ3v) is 7.57. The zero-order chi connectivity index (χ0) is 27.4. The summed E-state index contributed by atoms with van der Waals surface area (Å²) in [6, 6.07) is 0. The van der Waals surface area contributed by atoms with Crippen molar-refractivity contribution in [3.8, 4) is 0 Å². The zero-order valence-corrected chi connectivity index (χ0v) is 25.5. The van der Waals surface area contributed by atoms with Crippen LogP contribution in [0.4, 0.5) is 0 Å². The van der Waals surface area contributed by atoms with Crippen LogP contribution in [0.2, 0.25) is 0 Å². The van der Waals surface area contributed by atoms with Crippen molar-refractivity contribution >= 4 is 11.9 Å². The predicted molar refractivity (Wildman–Crippen MR) is 158 cm³/mol. The molecule has 0 fully saturated rings. The maximum atomic E-state index is 12.5. The van der Waals surface area contributed by atoms with E-state index in [1.165, 1.54) is 57.8 Å². The first-order chi connectivity index (χ1) is 18.1. The van der Waals surface area contributed by atoms with Crippen LogP contribution < -0.4 is 0 Å². The summed E-state index contributed by atoms with van der Waals surface area (Å²) in [4.78, 5) is 25.0. The SMILES string of the molecule is CCCCCCC(CCCC)C(=O)OCCCCCCCCCOC(=O)C(CCCC)CCCCCC. The second-order valence-electron chi connectivity index (χ2n) is 11.2. The van der Waals surface area contributed by atoms with Crippen molar-refractivity contribution in [3.63, 3.8) is 0 Å². The Balaban J connectivity index is 3.82. The fourth-order valence-electron chi connectivity index (χ4n) is 4.97. The van der Waals surface area contributed by atoms with Crippen LogP contribution in [0.3, 0.4) is 0 Å². The van der Waals surface area contributed by atoms with E-state index in [0.29, 0.717) is 13.2 Å². The summed E-state index contributed by atoms with van der Waals surface area (Å²) in [6.07, 6.45) is 26.0. The van der Waals surface area contributed by atoms with Gasteiger partial charge < -0.3 is 9.47 Å². The normalized spacial score (nSPS) is 12.9. The van der Waals surface area contributed by atoms with Gasteiger partial charge in [-0.3, -0.25) is 9.59 Å². The van der Waals surface area contributed by atoms with Crippen molar-refractivity contribution < 1.29 is 19.1 Å². The Labute approximate surface area is 231 Å². The number of rotatable bonds is 28. The van der Waals surface area contributed by atoms with E-state index in [2.05, 4.69) is 27.7 Å². The molecule has 0 heterocycles. The van der Waals surface area contributed by atoms with E-state index in [0.717, 1.165) is 89.9 Å².